The van der Waals surface area contributed by atoms with Gasteiger partial charge in [0.2, 0.25) is 5.91 Å². The van der Waals surface area contributed by atoms with Gasteiger partial charge in [0.1, 0.15) is 5.82 Å². The number of amides is 1. The number of anilines is 3. The molecule has 9 heteroatoms. The van der Waals surface area contributed by atoms with E-state index in [1.807, 2.05) is 18.3 Å². The first-order valence-corrected chi connectivity index (χ1v) is 13.8. The summed E-state index contributed by atoms with van der Waals surface area (Å²) < 4.78 is 2.11. The van der Waals surface area contributed by atoms with Crippen LogP contribution in [0.2, 0.25) is 0 Å². The van der Waals surface area contributed by atoms with Crippen molar-refractivity contribution in [3.8, 4) is 0 Å². The second-order valence-electron chi connectivity index (χ2n) is 11.1. The van der Waals surface area contributed by atoms with E-state index < -0.39 is 0 Å². The molecule has 3 heterocycles. The lowest BCUT2D eigenvalue weighted by Crippen LogP contribution is -2.45. The number of likely N-dealkylation sites (N-methyl/N-ethyl adjacent to an activating group) is 2. The van der Waals surface area contributed by atoms with Crippen molar-refractivity contribution < 1.29 is 4.79 Å². The van der Waals surface area contributed by atoms with Crippen LogP contribution in [0, 0.1) is 5.92 Å². The van der Waals surface area contributed by atoms with Crippen LogP contribution in [0.5, 0.6) is 0 Å². The van der Waals surface area contributed by atoms with Crippen molar-refractivity contribution in [3.05, 3.63) is 49.1 Å². The summed E-state index contributed by atoms with van der Waals surface area (Å²) in [6.45, 7) is 12.2. The van der Waals surface area contributed by atoms with E-state index in [4.69, 9.17) is 9.97 Å². The summed E-state index contributed by atoms with van der Waals surface area (Å²) in [5.74, 6) is 2.15. The van der Waals surface area contributed by atoms with Crippen LogP contribution in [0.4, 0.5) is 17.2 Å². The highest BCUT2D eigenvalue weighted by atomic mass is 16.2. The Labute approximate surface area is 225 Å². The van der Waals surface area contributed by atoms with Gasteiger partial charge >= 0.3 is 0 Å². The van der Waals surface area contributed by atoms with E-state index in [9.17, 15) is 4.79 Å². The van der Waals surface area contributed by atoms with Gasteiger partial charge in [-0.05, 0) is 76.4 Å². The number of fused-ring (bicyclic) bond motifs is 1. The summed E-state index contributed by atoms with van der Waals surface area (Å²) in [6, 6.07) is 9.17. The Balaban J connectivity index is 1.30. The molecule has 1 saturated heterocycles. The van der Waals surface area contributed by atoms with Gasteiger partial charge in [-0.25, -0.2) is 15.0 Å². The number of benzene rings is 1. The first kappa shape index (κ1) is 26.2. The van der Waals surface area contributed by atoms with E-state index in [0.29, 0.717) is 12.0 Å². The normalized spacial score (nSPS) is 20.0. The molecule has 1 N–H and O–H groups in total. The lowest BCUT2D eigenvalue weighted by atomic mass is 9.76. The summed E-state index contributed by atoms with van der Waals surface area (Å²) in [5, 5.41) is 3.53. The largest absolute Gasteiger partial charge is 0.369 e. The Morgan fingerprint density at radius 1 is 1.16 bits per heavy atom. The molecule has 1 amide bonds. The van der Waals surface area contributed by atoms with Crippen LogP contribution in [0.1, 0.15) is 45.0 Å². The minimum atomic E-state index is -0.00327. The Morgan fingerprint density at radius 3 is 2.53 bits per heavy atom. The van der Waals surface area contributed by atoms with Gasteiger partial charge in [-0.1, -0.05) is 6.58 Å². The molecule has 1 aromatic carbocycles. The lowest BCUT2D eigenvalue weighted by Gasteiger charge is -2.41. The van der Waals surface area contributed by atoms with E-state index in [1.54, 1.807) is 0 Å². The predicted octanol–water partition coefficient (Wildman–Crippen LogP) is 4.26. The second-order valence-corrected chi connectivity index (χ2v) is 11.1. The third-order valence-electron chi connectivity index (χ3n) is 8.08. The fourth-order valence-corrected chi connectivity index (χ4v) is 5.41. The maximum atomic E-state index is 11.9. The average molecular weight is 517 g/mol. The van der Waals surface area contributed by atoms with Gasteiger partial charge in [0.05, 0.1) is 6.33 Å². The van der Waals surface area contributed by atoms with E-state index in [0.717, 1.165) is 80.4 Å². The van der Waals surface area contributed by atoms with Crippen LogP contribution in [-0.2, 0) is 11.2 Å². The number of aryl methyl sites for hydroxylation is 1. The summed E-state index contributed by atoms with van der Waals surface area (Å²) in [7, 11) is 4.04. The van der Waals surface area contributed by atoms with Gasteiger partial charge in [-0.3, -0.25) is 4.79 Å². The standard InChI is InChI=1S/C29H40N8O/c1-6-26(38)35(5)24-17-21(18-24)7-12-25-32-28(27-29(33-25)37(19-30-27)20(2)3)31-22-8-10-23(11-9-22)36-15-13-34(4)14-16-36/h6,8-11,19-21,24H,1,7,12-18H2,2-5H3,(H,31,32,33)/t21-,24-. The molecule has 0 atom stereocenters. The number of piperazine rings is 1. The van der Waals surface area contributed by atoms with Crippen LogP contribution in [0.15, 0.2) is 43.2 Å². The molecule has 0 bridgehead atoms. The second kappa shape index (κ2) is 11.1. The molecule has 2 fully saturated rings. The molecule has 2 aliphatic rings. The highest BCUT2D eigenvalue weighted by Gasteiger charge is 2.33. The summed E-state index contributed by atoms with van der Waals surface area (Å²) >= 11 is 0. The first-order chi connectivity index (χ1) is 18.3. The van der Waals surface area contributed by atoms with Crippen LogP contribution in [0.3, 0.4) is 0 Å². The molecule has 1 aliphatic heterocycles. The van der Waals surface area contributed by atoms with E-state index in [2.05, 4.69) is 76.4 Å². The third-order valence-corrected chi connectivity index (χ3v) is 8.08. The highest BCUT2D eigenvalue weighted by Crippen LogP contribution is 2.35. The van der Waals surface area contributed by atoms with Crippen LogP contribution in [-0.4, -0.2) is 81.5 Å². The zero-order valence-electron chi connectivity index (χ0n) is 23.1. The highest BCUT2D eigenvalue weighted by molar-refractivity contribution is 5.87. The summed E-state index contributed by atoms with van der Waals surface area (Å²) in [4.78, 5) is 33.0. The van der Waals surface area contributed by atoms with Gasteiger partial charge < -0.3 is 24.6 Å². The zero-order valence-corrected chi connectivity index (χ0v) is 23.1. The minimum Gasteiger partial charge on any atom is -0.369 e. The molecular formula is C29H40N8O. The van der Waals surface area contributed by atoms with Gasteiger partial charge in [0.25, 0.3) is 0 Å². The molecule has 2 aromatic heterocycles. The van der Waals surface area contributed by atoms with Crippen molar-refractivity contribution >= 4 is 34.3 Å². The number of imidazole rings is 1. The third kappa shape index (κ3) is 5.53. The number of rotatable bonds is 9. The van der Waals surface area contributed by atoms with Gasteiger partial charge in [0, 0.05) is 63.1 Å². The minimum absolute atomic E-state index is 0.00327. The van der Waals surface area contributed by atoms with E-state index in [-0.39, 0.29) is 11.9 Å². The van der Waals surface area contributed by atoms with Gasteiger partial charge in [0.15, 0.2) is 17.0 Å². The van der Waals surface area contributed by atoms with Gasteiger partial charge in [-0.15, -0.1) is 0 Å². The number of carbonyl (C=O) groups is 1. The topological polar surface area (TPSA) is 82.4 Å². The van der Waals surface area contributed by atoms with Crippen LogP contribution < -0.4 is 10.2 Å². The molecule has 1 saturated carbocycles. The number of nitrogens with one attached hydrogen (secondary N) is 1. The fraction of sp³-hybridized carbons (Fsp3) is 0.517. The Morgan fingerprint density at radius 2 is 1.87 bits per heavy atom. The molecule has 0 unspecified atom stereocenters. The summed E-state index contributed by atoms with van der Waals surface area (Å²) in [5.41, 5.74) is 3.90. The SMILES string of the molecule is C=CC(=O)N(C)[C@H]1C[C@H](CCc2nc(Nc3ccc(N4CCN(C)CC4)cc3)c3ncn(C(C)C)c3n2)C1. The molecule has 202 valence electrons. The number of hydrogen-bond acceptors (Lipinski definition) is 7. The molecule has 0 radical (unpaired) electrons. The van der Waals surface area contributed by atoms with Crippen LogP contribution >= 0.6 is 0 Å². The predicted molar refractivity (Wildman–Crippen MR) is 153 cm³/mol. The van der Waals surface area contributed by atoms with E-state index in [1.165, 1.54) is 11.8 Å². The maximum Gasteiger partial charge on any atom is 0.245 e. The Kier molecular flexibility index (Phi) is 7.65. The molecule has 1 aliphatic carbocycles. The van der Waals surface area contributed by atoms with Crippen molar-refractivity contribution in [3.63, 3.8) is 0 Å². The fourth-order valence-electron chi connectivity index (χ4n) is 5.41. The monoisotopic (exact) mass is 516 g/mol. The summed E-state index contributed by atoms with van der Waals surface area (Å²) in [6.07, 6.45) is 7.10. The number of aromatic nitrogens is 4. The quantitative estimate of drug-likeness (QED) is 0.426. The number of carbonyl (C=O) groups excluding carboxylic acids is 1. The first-order valence-electron chi connectivity index (χ1n) is 13.8. The van der Waals surface area contributed by atoms with Crippen molar-refractivity contribution in [2.45, 2.75) is 51.6 Å². The average Bonchev–Trinajstić information content (AvgIpc) is 3.33. The van der Waals surface area contributed by atoms with Gasteiger partial charge in [-0.2, -0.15) is 0 Å². The molecule has 5 rings (SSSR count). The Bertz CT molecular complexity index is 1270. The van der Waals surface area contributed by atoms with E-state index >= 15 is 0 Å². The van der Waals surface area contributed by atoms with Crippen molar-refractivity contribution in [2.24, 2.45) is 5.92 Å². The lowest BCUT2D eigenvalue weighted by molar-refractivity contribution is -0.129. The van der Waals surface area contributed by atoms with Crippen LogP contribution in [0.25, 0.3) is 11.2 Å². The smallest absolute Gasteiger partial charge is 0.245 e. The maximum absolute atomic E-state index is 11.9. The van der Waals surface area contributed by atoms with Crippen molar-refractivity contribution in [1.82, 2.24) is 29.3 Å². The van der Waals surface area contributed by atoms with Crippen molar-refractivity contribution in [2.75, 3.05) is 50.5 Å². The molecule has 38 heavy (non-hydrogen) atoms. The molecule has 0 spiro atoms. The molecule has 9 nitrogen and oxygen atoms in total. The zero-order chi connectivity index (χ0) is 26.8. The molecule has 3 aromatic rings. The number of nitrogens with zero attached hydrogens (tertiary/aromatic N) is 7. The Hall–Kier alpha value is -3.46. The van der Waals surface area contributed by atoms with Crippen molar-refractivity contribution in [1.29, 1.82) is 0 Å². The number of hydrogen-bond donors (Lipinski definition) is 1. The molecular weight excluding hydrogens is 476 g/mol.